The van der Waals surface area contributed by atoms with Crippen molar-refractivity contribution in [1.29, 1.82) is 0 Å². The molecular weight excluding hydrogens is 402 g/mol. The average molecular weight is 422 g/mol. The fourth-order valence-corrected chi connectivity index (χ4v) is 4.92. The number of amides is 2. The third-order valence-electron chi connectivity index (χ3n) is 4.42. The SMILES string of the molecule is CC(=O)Nc1ccccc1NC(=O)[C@@H]1CCCN1S(=O)(=O)c1ccc(Cl)cc1. The third kappa shape index (κ3) is 4.35. The molecule has 9 heteroatoms. The van der Waals surface area contributed by atoms with Gasteiger partial charge in [0, 0.05) is 18.5 Å². The number of anilines is 2. The minimum absolute atomic E-state index is 0.0928. The summed E-state index contributed by atoms with van der Waals surface area (Å²) in [6.45, 7) is 1.63. The lowest BCUT2D eigenvalue weighted by Gasteiger charge is -2.24. The summed E-state index contributed by atoms with van der Waals surface area (Å²) >= 11 is 5.84. The lowest BCUT2D eigenvalue weighted by Crippen LogP contribution is -2.43. The Morgan fingerprint density at radius 3 is 2.25 bits per heavy atom. The Hall–Kier alpha value is -2.42. The minimum Gasteiger partial charge on any atom is -0.325 e. The van der Waals surface area contributed by atoms with Crippen LogP contribution in [0.25, 0.3) is 0 Å². The molecule has 1 heterocycles. The van der Waals surface area contributed by atoms with E-state index in [-0.39, 0.29) is 17.3 Å². The summed E-state index contributed by atoms with van der Waals surface area (Å²) in [6.07, 6.45) is 0.999. The zero-order chi connectivity index (χ0) is 20.3. The molecular formula is C19H20ClN3O4S. The highest BCUT2D eigenvalue weighted by atomic mass is 35.5. The second-order valence-corrected chi connectivity index (χ2v) is 8.77. The van der Waals surface area contributed by atoms with Crippen LogP contribution in [0.15, 0.2) is 53.4 Å². The van der Waals surface area contributed by atoms with Gasteiger partial charge in [-0.2, -0.15) is 4.31 Å². The van der Waals surface area contributed by atoms with Crippen molar-refractivity contribution < 1.29 is 18.0 Å². The predicted molar refractivity (Wildman–Crippen MR) is 108 cm³/mol. The molecule has 2 aromatic rings. The number of nitrogens with one attached hydrogen (secondary N) is 2. The Labute approximate surface area is 168 Å². The number of para-hydroxylation sites is 2. The van der Waals surface area contributed by atoms with E-state index in [0.717, 1.165) is 0 Å². The zero-order valence-electron chi connectivity index (χ0n) is 15.2. The van der Waals surface area contributed by atoms with Crippen molar-refractivity contribution in [2.45, 2.75) is 30.7 Å². The first-order chi connectivity index (χ1) is 13.3. The molecule has 2 N–H and O–H groups in total. The zero-order valence-corrected chi connectivity index (χ0v) is 16.8. The molecule has 3 rings (SSSR count). The molecule has 7 nitrogen and oxygen atoms in total. The molecule has 0 radical (unpaired) electrons. The predicted octanol–water partition coefficient (Wildman–Crippen LogP) is 3.09. The average Bonchev–Trinajstić information content (AvgIpc) is 3.14. The molecule has 0 saturated carbocycles. The van der Waals surface area contributed by atoms with Gasteiger partial charge in [0.15, 0.2) is 0 Å². The smallest absolute Gasteiger partial charge is 0.243 e. The normalized spacial score (nSPS) is 17.3. The number of nitrogens with zero attached hydrogens (tertiary/aromatic N) is 1. The van der Waals surface area contributed by atoms with Crippen LogP contribution >= 0.6 is 11.6 Å². The molecule has 1 saturated heterocycles. The second kappa shape index (κ2) is 8.30. The van der Waals surface area contributed by atoms with Gasteiger partial charge in [-0.05, 0) is 49.2 Å². The van der Waals surface area contributed by atoms with Gasteiger partial charge in [0.2, 0.25) is 21.8 Å². The topological polar surface area (TPSA) is 95.6 Å². The maximum Gasteiger partial charge on any atom is 0.243 e. The van der Waals surface area contributed by atoms with Crippen LogP contribution in [-0.4, -0.2) is 37.1 Å². The van der Waals surface area contributed by atoms with Gasteiger partial charge in [-0.15, -0.1) is 0 Å². The number of hydrogen-bond acceptors (Lipinski definition) is 4. The molecule has 0 aromatic heterocycles. The van der Waals surface area contributed by atoms with Crippen LogP contribution in [0.3, 0.4) is 0 Å². The molecule has 148 valence electrons. The monoisotopic (exact) mass is 421 g/mol. The van der Waals surface area contributed by atoms with Crippen LogP contribution in [0.4, 0.5) is 11.4 Å². The molecule has 0 unspecified atom stereocenters. The summed E-state index contributed by atoms with van der Waals surface area (Å²) in [6, 6.07) is 11.8. The molecule has 28 heavy (non-hydrogen) atoms. The summed E-state index contributed by atoms with van der Waals surface area (Å²) in [5.41, 5.74) is 0.867. The first kappa shape index (κ1) is 20.3. The number of hydrogen-bond donors (Lipinski definition) is 2. The lowest BCUT2D eigenvalue weighted by atomic mass is 10.2. The van der Waals surface area contributed by atoms with E-state index in [4.69, 9.17) is 11.6 Å². The molecule has 0 aliphatic carbocycles. The highest BCUT2D eigenvalue weighted by Gasteiger charge is 2.39. The van der Waals surface area contributed by atoms with E-state index < -0.39 is 22.0 Å². The minimum atomic E-state index is -3.83. The number of sulfonamides is 1. The first-order valence-electron chi connectivity index (χ1n) is 8.74. The van der Waals surface area contributed by atoms with Gasteiger partial charge in [-0.25, -0.2) is 8.42 Å². The Balaban J connectivity index is 1.82. The van der Waals surface area contributed by atoms with E-state index in [1.807, 2.05) is 0 Å². The fourth-order valence-electron chi connectivity index (χ4n) is 3.14. The van der Waals surface area contributed by atoms with Crippen LogP contribution < -0.4 is 10.6 Å². The largest absolute Gasteiger partial charge is 0.325 e. The summed E-state index contributed by atoms with van der Waals surface area (Å²) in [5.74, 6) is -0.706. The second-order valence-electron chi connectivity index (χ2n) is 6.44. The van der Waals surface area contributed by atoms with Gasteiger partial charge in [0.1, 0.15) is 6.04 Å². The first-order valence-corrected chi connectivity index (χ1v) is 10.6. The Kier molecular flexibility index (Phi) is 6.02. The van der Waals surface area contributed by atoms with E-state index in [1.165, 1.54) is 35.5 Å². The Morgan fingerprint density at radius 2 is 1.64 bits per heavy atom. The van der Waals surface area contributed by atoms with Crippen molar-refractivity contribution >= 4 is 44.8 Å². The summed E-state index contributed by atoms with van der Waals surface area (Å²) in [7, 11) is -3.83. The van der Waals surface area contributed by atoms with Gasteiger partial charge in [0.05, 0.1) is 16.3 Å². The number of carbonyl (C=O) groups is 2. The Bertz CT molecular complexity index is 992. The van der Waals surface area contributed by atoms with Gasteiger partial charge in [-0.3, -0.25) is 9.59 Å². The van der Waals surface area contributed by atoms with Crippen molar-refractivity contribution in [2.75, 3.05) is 17.2 Å². The number of carbonyl (C=O) groups excluding carboxylic acids is 2. The Morgan fingerprint density at radius 1 is 1.04 bits per heavy atom. The maximum absolute atomic E-state index is 13.0. The third-order valence-corrected chi connectivity index (χ3v) is 6.60. The summed E-state index contributed by atoms with van der Waals surface area (Å²) in [5, 5.41) is 5.82. The number of halogens is 1. The molecule has 0 spiro atoms. The lowest BCUT2D eigenvalue weighted by molar-refractivity contribution is -0.119. The molecule has 1 atom stereocenters. The van der Waals surface area contributed by atoms with Crippen LogP contribution in [0.1, 0.15) is 19.8 Å². The van der Waals surface area contributed by atoms with Crippen LogP contribution in [0.2, 0.25) is 5.02 Å². The molecule has 1 aliphatic rings. The molecule has 1 fully saturated rings. The molecule has 2 amide bonds. The highest BCUT2D eigenvalue weighted by Crippen LogP contribution is 2.29. The van der Waals surface area contributed by atoms with E-state index >= 15 is 0 Å². The van der Waals surface area contributed by atoms with E-state index in [0.29, 0.717) is 29.2 Å². The quantitative estimate of drug-likeness (QED) is 0.775. The van der Waals surface area contributed by atoms with Crippen molar-refractivity contribution in [1.82, 2.24) is 4.31 Å². The van der Waals surface area contributed by atoms with Crippen molar-refractivity contribution in [3.05, 3.63) is 53.6 Å². The number of rotatable bonds is 5. The fraction of sp³-hybridized carbons (Fsp3) is 0.263. The van der Waals surface area contributed by atoms with Crippen LogP contribution in [0, 0.1) is 0 Å². The van der Waals surface area contributed by atoms with Gasteiger partial charge < -0.3 is 10.6 Å². The maximum atomic E-state index is 13.0. The molecule has 0 bridgehead atoms. The van der Waals surface area contributed by atoms with Crippen molar-refractivity contribution in [3.63, 3.8) is 0 Å². The highest BCUT2D eigenvalue weighted by molar-refractivity contribution is 7.89. The number of benzene rings is 2. The van der Waals surface area contributed by atoms with Gasteiger partial charge in [-0.1, -0.05) is 23.7 Å². The van der Waals surface area contributed by atoms with E-state index in [9.17, 15) is 18.0 Å². The van der Waals surface area contributed by atoms with Crippen LogP contribution in [0.5, 0.6) is 0 Å². The standard InChI is InChI=1S/C19H20ClN3O4S/c1-13(24)21-16-5-2-3-6-17(16)22-19(25)18-7-4-12-23(18)28(26,27)15-10-8-14(20)9-11-15/h2-3,5-6,8-11,18H,4,7,12H2,1H3,(H,21,24)(H,22,25)/t18-/m0/s1. The van der Waals surface area contributed by atoms with Crippen molar-refractivity contribution in [2.24, 2.45) is 0 Å². The summed E-state index contributed by atoms with van der Waals surface area (Å²) in [4.78, 5) is 24.3. The van der Waals surface area contributed by atoms with Crippen molar-refractivity contribution in [3.8, 4) is 0 Å². The van der Waals surface area contributed by atoms with Crippen LogP contribution in [-0.2, 0) is 19.6 Å². The summed E-state index contributed by atoms with van der Waals surface area (Å²) < 4.78 is 27.2. The molecule has 1 aliphatic heterocycles. The van der Waals surface area contributed by atoms with E-state index in [2.05, 4.69) is 10.6 Å². The van der Waals surface area contributed by atoms with Gasteiger partial charge in [0.25, 0.3) is 0 Å². The molecule has 2 aromatic carbocycles. The van der Waals surface area contributed by atoms with Gasteiger partial charge >= 0.3 is 0 Å². The van der Waals surface area contributed by atoms with E-state index in [1.54, 1.807) is 24.3 Å².